The molecule has 0 heterocycles. The van der Waals surface area contributed by atoms with Crippen LogP contribution in [-0.2, 0) is 4.79 Å². The van der Waals surface area contributed by atoms with Crippen LogP contribution < -0.4 is 14.8 Å². The van der Waals surface area contributed by atoms with E-state index in [2.05, 4.69) is 5.32 Å². The Balaban J connectivity index is 2.05. The second kappa shape index (κ2) is 5.73. The molecule has 0 bridgehead atoms. The van der Waals surface area contributed by atoms with E-state index in [4.69, 9.17) is 9.47 Å². The molecule has 1 aliphatic rings. The van der Waals surface area contributed by atoms with E-state index in [1.807, 2.05) is 0 Å². The van der Waals surface area contributed by atoms with Crippen molar-refractivity contribution in [1.82, 2.24) is 5.32 Å². The fourth-order valence-corrected chi connectivity index (χ4v) is 1.78. The topological polar surface area (TPSA) is 64.6 Å². The van der Waals surface area contributed by atoms with Crippen LogP contribution in [0.5, 0.6) is 11.5 Å². The summed E-state index contributed by atoms with van der Waals surface area (Å²) in [6.45, 7) is -0.0150. The Bertz CT molecular complexity index is 494. The fourth-order valence-electron chi connectivity index (χ4n) is 1.78. The lowest BCUT2D eigenvalue weighted by atomic mass is 10.1. The molecular weight excluding hydrogens is 246 g/mol. The SMILES string of the molecule is COc1ccc(OC)c(C(=O)CNC(=O)C2CC2)c1. The molecule has 19 heavy (non-hydrogen) atoms. The van der Waals surface area contributed by atoms with Gasteiger partial charge in [-0.25, -0.2) is 0 Å². The maximum atomic E-state index is 12.1. The van der Waals surface area contributed by atoms with Crippen molar-refractivity contribution in [2.45, 2.75) is 12.8 Å². The summed E-state index contributed by atoms with van der Waals surface area (Å²) in [6, 6.07) is 5.01. The van der Waals surface area contributed by atoms with Gasteiger partial charge >= 0.3 is 0 Å². The van der Waals surface area contributed by atoms with Crippen molar-refractivity contribution in [1.29, 1.82) is 0 Å². The van der Waals surface area contributed by atoms with Gasteiger partial charge in [-0.2, -0.15) is 0 Å². The molecule has 0 atom stereocenters. The molecule has 1 N–H and O–H groups in total. The van der Waals surface area contributed by atoms with Crippen LogP contribution in [0.15, 0.2) is 18.2 Å². The van der Waals surface area contributed by atoms with E-state index < -0.39 is 0 Å². The third-order valence-corrected chi connectivity index (χ3v) is 3.08. The molecule has 1 amide bonds. The number of hydrogen-bond acceptors (Lipinski definition) is 4. The zero-order valence-electron chi connectivity index (χ0n) is 11.1. The van der Waals surface area contributed by atoms with Gasteiger partial charge in [0.1, 0.15) is 11.5 Å². The van der Waals surface area contributed by atoms with Gasteiger partial charge in [-0.1, -0.05) is 0 Å². The predicted molar refractivity (Wildman–Crippen MR) is 69.6 cm³/mol. The minimum absolute atomic E-state index is 0.0150. The van der Waals surface area contributed by atoms with Crippen LogP contribution in [-0.4, -0.2) is 32.5 Å². The highest BCUT2D eigenvalue weighted by Gasteiger charge is 2.29. The van der Waals surface area contributed by atoms with Crippen molar-refractivity contribution in [3.05, 3.63) is 23.8 Å². The van der Waals surface area contributed by atoms with Gasteiger partial charge in [0.05, 0.1) is 26.3 Å². The Morgan fingerprint density at radius 1 is 1.26 bits per heavy atom. The molecule has 1 aromatic rings. The van der Waals surface area contributed by atoms with Crippen molar-refractivity contribution in [2.75, 3.05) is 20.8 Å². The van der Waals surface area contributed by atoms with Crippen molar-refractivity contribution >= 4 is 11.7 Å². The van der Waals surface area contributed by atoms with Crippen LogP contribution in [0.2, 0.25) is 0 Å². The quantitative estimate of drug-likeness (QED) is 0.788. The highest BCUT2D eigenvalue weighted by molar-refractivity contribution is 6.02. The van der Waals surface area contributed by atoms with Crippen LogP contribution >= 0.6 is 0 Å². The van der Waals surface area contributed by atoms with Gasteiger partial charge in [0.2, 0.25) is 5.91 Å². The summed E-state index contributed by atoms with van der Waals surface area (Å²) in [5.41, 5.74) is 0.415. The van der Waals surface area contributed by atoms with E-state index in [9.17, 15) is 9.59 Å². The molecule has 0 aromatic heterocycles. The minimum Gasteiger partial charge on any atom is -0.497 e. The highest BCUT2D eigenvalue weighted by Crippen LogP contribution is 2.29. The monoisotopic (exact) mass is 263 g/mol. The molecule has 0 spiro atoms. The van der Waals surface area contributed by atoms with Crippen LogP contribution in [0, 0.1) is 5.92 Å². The molecule has 0 unspecified atom stereocenters. The van der Waals surface area contributed by atoms with E-state index >= 15 is 0 Å². The lowest BCUT2D eigenvalue weighted by Gasteiger charge is -2.10. The predicted octanol–water partition coefficient (Wildman–Crippen LogP) is 1.41. The summed E-state index contributed by atoms with van der Waals surface area (Å²) in [7, 11) is 3.03. The van der Waals surface area contributed by atoms with Crippen LogP contribution in [0.4, 0.5) is 0 Å². The summed E-state index contributed by atoms with van der Waals surface area (Å²) < 4.78 is 10.2. The average molecular weight is 263 g/mol. The molecule has 0 radical (unpaired) electrons. The number of rotatable bonds is 6. The van der Waals surface area contributed by atoms with Crippen molar-refractivity contribution in [3.8, 4) is 11.5 Å². The first-order chi connectivity index (χ1) is 9.15. The number of carbonyl (C=O) groups is 2. The zero-order chi connectivity index (χ0) is 13.8. The maximum absolute atomic E-state index is 12.1. The van der Waals surface area contributed by atoms with E-state index in [-0.39, 0.29) is 24.2 Å². The number of methoxy groups -OCH3 is 2. The molecule has 1 aromatic carbocycles. The Morgan fingerprint density at radius 2 is 2.00 bits per heavy atom. The molecular formula is C14H17NO4. The Morgan fingerprint density at radius 3 is 2.58 bits per heavy atom. The van der Waals surface area contributed by atoms with E-state index in [1.54, 1.807) is 18.2 Å². The van der Waals surface area contributed by atoms with E-state index in [0.29, 0.717) is 17.1 Å². The summed E-state index contributed by atoms with van der Waals surface area (Å²) in [6.07, 6.45) is 1.84. The lowest BCUT2D eigenvalue weighted by Crippen LogP contribution is -2.30. The fraction of sp³-hybridized carbons (Fsp3) is 0.429. The number of hydrogen-bond donors (Lipinski definition) is 1. The Hall–Kier alpha value is -2.04. The second-order valence-corrected chi connectivity index (χ2v) is 4.48. The molecule has 2 rings (SSSR count). The van der Waals surface area contributed by atoms with Crippen LogP contribution in [0.1, 0.15) is 23.2 Å². The van der Waals surface area contributed by atoms with E-state index in [0.717, 1.165) is 12.8 Å². The Labute approximate surface area is 111 Å². The number of ether oxygens (including phenoxy) is 2. The second-order valence-electron chi connectivity index (χ2n) is 4.48. The number of ketones is 1. The molecule has 1 aliphatic carbocycles. The first kappa shape index (κ1) is 13.4. The molecule has 5 heteroatoms. The summed E-state index contributed by atoms with van der Waals surface area (Å²) in [5, 5.41) is 2.65. The van der Waals surface area contributed by atoms with Crippen LogP contribution in [0.25, 0.3) is 0 Å². The molecule has 102 valence electrons. The maximum Gasteiger partial charge on any atom is 0.223 e. The molecule has 0 saturated heterocycles. The lowest BCUT2D eigenvalue weighted by molar-refractivity contribution is -0.122. The third kappa shape index (κ3) is 3.24. The molecule has 1 saturated carbocycles. The first-order valence-corrected chi connectivity index (χ1v) is 6.18. The third-order valence-electron chi connectivity index (χ3n) is 3.08. The summed E-state index contributed by atoms with van der Waals surface area (Å²) >= 11 is 0. The van der Waals surface area contributed by atoms with Crippen molar-refractivity contribution < 1.29 is 19.1 Å². The smallest absolute Gasteiger partial charge is 0.223 e. The van der Waals surface area contributed by atoms with E-state index in [1.165, 1.54) is 14.2 Å². The largest absolute Gasteiger partial charge is 0.497 e. The standard InChI is InChI=1S/C14H17NO4/c1-18-10-5-6-13(19-2)11(7-10)12(16)8-15-14(17)9-3-4-9/h5-7,9H,3-4,8H2,1-2H3,(H,15,17). The van der Waals surface area contributed by atoms with Gasteiger partial charge in [-0.05, 0) is 31.0 Å². The van der Waals surface area contributed by atoms with Gasteiger partial charge in [0.15, 0.2) is 5.78 Å². The van der Waals surface area contributed by atoms with Gasteiger partial charge < -0.3 is 14.8 Å². The number of Topliss-reactive ketones (excluding diaryl/α,β-unsaturated/α-hetero) is 1. The average Bonchev–Trinajstić information content (AvgIpc) is 3.28. The van der Waals surface area contributed by atoms with Crippen molar-refractivity contribution in [3.63, 3.8) is 0 Å². The number of carbonyl (C=O) groups excluding carboxylic acids is 2. The number of nitrogens with one attached hydrogen (secondary N) is 1. The highest BCUT2D eigenvalue weighted by atomic mass is 16.5. The zero-order valence-corrected chi connectivity index (χ0v) is 11.1. The molecule has 5 nitrogen and oxygen atoms in total. The molecule has 0 aliphatic heterocycles. The van der Waals surface area contributed by atoms with Crippen molar-refractivity contribution in [2.24, 2.45) is 5.92 Å². The summed E-state index contributed by atoms with van der Waals surface area (Å²) in [4.78, 5) is 23.6. The van der Waals surface area contributed by atoms with Crippen LogP contribution in [0.3, 0.4) is 0 Å². The van der Waals surface area contributed by atoms with Gasteiger partial charge in [0.25, 0.3) is 0 Å². The molecule has 1 fully saturated rings. The minimum atomic E-state index is -0.190. The Kier molecular flexibility index (Phi) is 4.04. The van der Waals surface area contributed by atoms with Gasteiger partial charge in [0, 0.05) is 5.92 Å². The van der Waals surface area contributed by atoms with Gasteiger partial charge in [-0.15, -0.1) is 0 Å². The normalized spacial score (nSPS) is 13.8. The van der Waals surface area contributed by atoms with Gasteiger partial charge in [-0.3, -0.25) is 9.59 Å². The first-order valence-electron chi connectivity index (χ1n) is 6.18. The number of benzene rings is 1. The summed E-state index contributed by atoms with van der Waals surface area (Å²) in [5.74, 6) is 0.920. The number of amides is 1.